The van der Waals surface area contributed by atoms with Crippen molar-refractivity contribution in [3.8, 4) is 0 Å². The second kappa shape index (κ2) is 7.92. The maximum atomic E-state index is 13.3. The molecule has 1 amide bonds. The first-order valence-electron chi connectivity index (χ1n) is 9.01. The number of rotatable bonds is 6. The highest BCUT2D eigenvalue weighted by Gasteiger charge is 2.09. The zero-order chi connectivity index (χ0) is 19.3. The number of carbonyl (C=O) groups is 1. The minimum absolute atomic E-state index is 0.247. The molecule has 28 heavy (non-hydrogen) atoms. The number of hydrogen-bond acceptors (Lipinski definition) is 3. The third-order valence-electron chi connectivity index (χ3n) is 4.46. The van der Waals surface area contributed by atoms with Gasteiger partial charge in [-0.25, -0.2) is 4.39 Å². The van der Waals surface area contributed by atoms with Gasteiger partial charge in [0, 0.05) is 41.2 Å². The predicted molar refractivity (Wildman–Crippen MR) is 108 cm³/mol. The Bertz CT molecular complexity index is 1120. The minimum Gasteiger partial charge on any atom is -0.361 e. The number of nitrogens with zero attached hydrogens (tertiary/aromatic N) is 1. The number of H-pyrrole nitrogens is 1. The molecule has 0 saturated carbocycles. The van der Waals surface area contributed by atoms with Crippen LogP contribution in [0.3, 0.4) is 0 Å². The molecule has 0 saturated heterocycles. The van der Waals surface area contributed by atoms with Crippen LogP contribution in [0.5, 0.6) is 0 Å². The van der Waals surface area contributed by atoms with E-state index in [2.05, 4.69) is 26.7 Å². The molecule has 2 heterocycles. The highest BCUT2D eigenvalue weighted by molar-refractivity contribution is 5.93. The molecule has 0 atom stereocenters. The molecule has 5 nitrogen and oxygen atoms in total. The predicted octanol–water partition coefficient (Wildman–Crippen LogP) is 4.42. The summed E-state index contributed by atoms with van der Waals surface area (Å²) in [5.41, 5.74) is 3.83. The second-order valence-electron chi connectivity index (χ2n) is 6.43. The quantitative estimate of drug-likeness (QED) is 0.468. The van der Waals surface area contributed by atoms with Crippen LogP contribution in [0.1, 0.15) is 16.1 Å². The Morgan fingerprint density at radius 3 is 2.79 bits per heavy atom. The van der Waals surface area contributed by atoms with Crippen LogP contribution >= 0.6 is 0 Å². The fraction of sp³-hybridized carbons (Fsp3) is 0.0909. The van der Waals surface area contributed by atoms with E-state index >= 15 is 0 Å². The van der Waals surface area contributed by atoms with Gasteiger partial charge in [-0.05, 0) is 48.4 Å². The summed E-state index contributed by atoms with van der Waals surface area (Å²) in [5, 5.41) is 7.14. The highest BCUT2D eigenvalue weighted by Crippen LogP contribution is 2.19. The minimum atomic E-state index is -0.325. The molecular weight excluding hydrogens is 355 g/mol. The molecule has 2 aromatic heterocycles. The van der Waals surface area contributed by atoms with E-state index in [1.54, 1.807) is 30.5 Å². The number of amides is 1. The maximum absolute atomic E-state index is 13.3. The molecule has 0 aliphatic heterocycles. The summed E-state index contributed by atoms with van der Waals surface area (Å²) in [7, 11) is 0. The summed E-state index contributed by atoms with van der Waals surface area (Å²) in [6.45, 7) is 0.504. The number of aromatic amines is 1. The van der Waals surface area contributed by atoms with E-state index in [1.807, 2.05) is 24.4 Å². The highest BCUT2D eigenvalue weighted by atomic mass is 19.1. The van der Waals surface area contributed by atoms with E-state index in [4.69, 9.17) is 0 Å². The van der Waals surface area contributed by atoms with Crippen LogP contribution in [0.2, 0.25) is 0 Å². The van der Waals surface area contributed by atoms with Gasteiger partial charge in [-0.1, -0.05) is 24.3 Å². The zero-order valence-electron chi connectivity index (χ0n) is 15.1. The molecule has 0 radical (unpaired) electrons. The van der Waals surface area contributed by atoms with Gasteiger partial charge in [0.25, 0.3) is 5.91 Å². The molecule has 0 aliphatic rings. The molecule has 4 rings (SSSR count). The Hall–Kier alpha value is -3.67. The van der Waals surface area contributed by atoms with Crippen LogP contribution in [0.15, 0.2) is 73.1 Å². The molecule has 140 valence electrons. The topological polar surface area (TPSA) is 69.8 Å². The van der Waals surface area contributed by atoms with Gasteiger partial charge < -0.3 is 15.6 Å². The largest absolute Gasteiger partial charge is 0.361 e. The lowest BCUT2D eigenvalue weighted by atomic mass is 10.1. The van der Waals surface area contributed by atoms with Gasteiger partial charge in [-0.15, -0.1) is 0 Å². The number of para-hydroxylation sites is 1. The number of carbonyl (C=O) groups excluding carboxylic acids is 1. The summed E-state index contributed by atoms with van der Waals surface area (Å²) < 4.78 is 13.3. The third kappa shape index (κ3) is 4.01. The Morgan fingerprint density at radius 1 is 1.04 bits per heavy atom. The van der Waals surface area contributed by atoms with Crippen molar-refractivity contribution in [1.82, 2.24) is 15.3 Å². The van der Waals surface area contributed by atoms with Crippen LogP contribution in [0.25, 0.3) is 10.9 Å². The average molecular weight is 374 g/mol. The van der Waals surface area contributed by atoms with Gasteiger partial charge in [0.2, 0.25) is 0 Å². The van der Waals surface area contributed by atoms with Crippen LogP contribution in [-0.2, 0) is 6.42 Å². The van der Waals surface area contributed by atoms with Gasteiger partial charge in [0.05, 0.1) is 0 Å². The SMILES string of the molecule is O=C(NCCc1c[nH]c2ccccc12)c1cc(Nc2cccc(F)c2)ccn1. The Morgan fingerprint density at radius 2 is 1.89 bits per heavy atom. The van der Waals surface area contributed by atoms with Gasteiger partial charge in [0.15, 0.2) is 0 Å². The zero-order valence-corrected chi connectivity index (χ0v) is 15.1. The van der Waals surface area contributed by atoms with E-state index < -0.39 is 0 Å². The van der Waals surface area contributed by atoms with E-state index in [1.165, 1.54) is 12.1 Å². The number of hydrogen-bond donors (Lipinski definition) is 3. The first kappa shape index (κ1) is 17.7. The van der Waals surface area contributed by atoms with Crippen molar-refractivity contribution >= 4 is 28.2 Å². The summed E-state index contributed by atoms with van der Waals surface area (Å²) >= 11 is 0. The monoisotopic (exact) mass is 374 g/mol. The Balaban J connectivity index is 1.38. The lowest BCUT2D eigenvalue weighted by molar-refractivity contribution is 0.0949. The molecule has 4 aromatic rings. The molecule has 2 aromatic carbocycles. The number of nitrogens with one attached hydrogen (secondary N) is 3. The van der Waals surface area contributed by atoms with E-state index in [0.29, 0.717) is 23.6 Å². The average Bonchev–Trinajstić information content (AvgIpc) is 3.11. The number of pyridine rings is 1. The number of anilines is 2. The lowest BCUT2D eigenvalue weighted by Crippen LogP contribution is -2.26. The molecular formula is C22H19FN4O. The molecule has 6 heteroatoms. The first-order chi connectivity index (χ1) is 13.7. The van der Waals surface area contributed by atoms with Crippen molar-refractivity contribution in [2.45, 2.75) is 6.42 Å². The van der Waals surface area contributed by atoms with Crippen molar-refractivity contribution in [3.63, 3.8) is 0 Å². The number of aromatic nitrogens is 2. The summed E-state index contributed by atoms with van der Waals surface area (Å²) in [6.07, 6.45) is 4.24. The van der Waals surface area contributed by atoms with Gasteiger partial charge in [0.1, 0.15) is 11.5 Å². The number of halogens is 1. The normalized spacial score (nSPS) is 10.8. The number of fused-ring (bicyclic) bond motifs is 1. The fourth-order valence-corrected chi connectivity index (χ4v) is 3.11. The third-order valence-corrected chi connectivity index (χ3v) is 4.46. The van der Waals surface area contributed by atoms with Crippen molar-refractivity contribution in [2.75, 3.05) is 11.9 Å². The molecule has 0 spiro atoms. The van der Waals surface area contributed by atoms with Crippen LogP contribution in [0.4, 0.5) is 15.8 Å². The maximum Gasteiger partial charge on any atom is 0.269 e. The first-order valence-corrected chi connectivity index (χ1v) is 9.01. The van der Waals surface area contributed by atoms with E-state index in [0.717, 1.165) is 22.9 Å². The second-order valence-corrected chi connectivity index (χ2v) is 6.43. The van der Waals surface area contributed by atoms with Crippen molar-refractivity contribution in [2.24, 2.45) is 0 Å². The van der Waals surface area contributed by atoms with Crippen molar-refractivity contribution in [1.29, 1.82) is 0 Å². The fourth-order valence-electron chi connectivity index (χ4n) is 3.11. The van der Waals surface area contributed by atoms with Crippen molar-refractivity contribution in [3.05, 3.63) is 90.1 Å². The van der Waals surface area contributed by atoms with E-state index in [-0.39, 0.29) is 11.7 Å². The Labute approximate surface area is 161 Å². The molecule has 0 fully saturated rings. The van der Waals surface area contributed by atoms with Gasteiger partial charge in [-0.2, -0.15) is 0 Å². The molecule has 0 aliphatic carbocycles. The van der Waals surface area contributed by atoms with E-state index in [9.17, 15) is 9.18 Å². The molecule has 0 unspecified atom stereocenters. The summed E-state index contributed by atoms with van der Waals surface area (Å²) in [5.74, 6) is -0.572. The number of benzene rings is 2. The lowest BCUT2D eigenvalue weighted by Gasteiger charge is -2.08. The molecule has 3 N–H and O–H groups in total. The summed E-state index contributed by atoms with van der Waals surface area (Å²) in [6, 6.07) is 17.6. The van der Waals surface area contributed by atoms with Crippen molar-refractivity contribution < 1.29 is 9.18 Å². The summed E-state index contributed by atoms with van der Waals surface area (Å²) in [4.78, 5) is 19.8. The van der Waals surface area contributed by atoms with Gasteiger partial charge >= 0.3 is 0 Å². The van der Waals surface area contributed by atoms with Crippen LogP contribution < -0.4 is 10.6 Å². The standard InChI is InChI=1S/C22H19FN4O/c23-16-4-3-5-17(12-16)27-18-9-11-24-21(13-18)22(28)25-10-8-15-14-26-20-7-2-1-6-19(15)20/h1-7,9,11-14,26H,8,10H2,(H,24,27)(H,25,28). The Kier molecular flexibility index (Phi) is 5.01. The molecule has 0 bridgehead atoms. The van der Waals surface area contributed by atoms with Crippen LogP contribution in [-0.4, -0.2) is 22.4 Å². The smallest absolute Gasteiger partial charge is 0.269 e. The van der Waals surface area contributed by atoms with Crippen LogP contribution in [0, 0.1) is 5.82 Å². The van der Waals surface area contributed by atoms with Gasteiger partial charge in [-0.3, -0.25) is 9.78 Å².